The molecule has 2 aromatic carbocycles. The van der Waals surface area contributed by atoms with Crippen molar-refractivity contribution < 1.29 is 9.53 Å². The highest BCUT2D eigenvalue weighted by Crippen LogP contribution is 2.32. The zero-order valence-corrected chi connectivity index (χ0v) is 15.3. The standard InChI is InChI=1S/C22H24N2O2/c1-14-11-17-13-19(15-7-9-16(10-8-15)22(25)26-2)24-21(17)20(12-14)23-18-5-3-4-6-18/h7-13,18,23-24H,3-6H2,1-2H3. The van der Waals surface area contributed by atoms with Crippen molar-refractivity contribution in [3.63, 3.8) is 0 Å². The number of hydrogen-bond acceptors (Lipinski definition) is 3. The van der Waals surface area contributed by atoms with E-state index < -0.39 is 0 Å². The molecular weight excluding hydrogens is 324 g/mol. The van der Waals surface area contributed by atoms with E-state index >= 15 is 0 Å². The molecule has 0 atom stereocenters. The number of methoxy groups -OCH3 is 1. The molecule has 0 amide bonds. The van der Waals surface area contributed by atoms with E-state index in [2.05, 4.69) is 35.4 Å². The molecule has 3 aromatic rings. The average Bonchev–Trinajstić information content (AvgIpc) is 3.30. The molecule has 0 unspecified atom stereocenters. The molecule has 26 heavy (non-hydrogen) atoms. The van der Waals surface area contributed by atoms with Gasteiger partial charge in [0.25, 0.3) is 0 Å². The molecule has 0 bridgehead atoms. The number of nitrogens with one attached hydrogen (secondary N) is 2. The van der Waals surface area contributed by atoms with Crippen molar-refractivity contribution in [2.24, 2.45) is 0 Å². The summed E-state index contributed by atoms with van der Waals surface area (Å²) >= 11 is 0. The van der Waals surface area contributed by atoms with Crippen LogP contribution in [0.3, 0.4) is 0 Å². The van der Waals surface area contributed by atoms with Crippen LogP contribution in [0.2, 0.25) is 0 Å². The Bertz CT molecular complexity index is 935. The molecule has 1 aliphatic rings. The Balaban J connectivity index is 1.69. The molecule has 0 saturated heterocycles. The van der Waals surface area contributed by atoms with Gasteiger partial charge in [0.1, 0.15) is 0 Å². The summed E-state index contributed by atoms with van der Waals surface area (Å²) in [5.74, 6) is -0.313. The lowest BCUT2D eigenvalue weighted by Crippen LogP contribution is -2.14. The zero-order valence-electron chi connectivity index (χ0n) is 15.3. The molecule has 4 heteroatoms. The van der Waals surface area contributed by atoms with Crippen molar-refractivity contribution in [2.45, 2.75) is 38.6 Å². The summed E-state index contributed by atoms with van der Waals surface area (Å²) in [6.07, 6.45) is 5.13. The fourth-order valence-corrected chi connectivity index (χ4v) is 3.86. The summed E-state index contributed by atoms with van der Waals surface area (Å²) in [7, 11) is 1.40. The number of anilines is 1. The fraction of sp³-hybridized carbons (Fsp3) is 0.318. The van der Waals surface area contributed by atoms with Gasteiger partial charge in [-0.05, 0) is 61.2 Å². The summed E-state index contributed by atoms with van der Waals surface area (Å²) in [6, 6.07) is 14.7. The number of aromatic nitrogens is 1. The number of carbonyl (C=O) groups excluding carboxylic acids is 1. The van der Waals surface area contributed by atoms with Crippen LogP contribution in [0, 0.1) is 6.92 Å². The number of fused-ring (bicyclic) bond motifs is 1. The van der Waals surface area contributed by atoms with Crippen molar-refractivity contribution in [2.75, 3.05) is 12.4 Å². The van der Waals surface area contributed by atoms with Gasteiger partial charge in [-0.3, -0.25) is 0 Å². The first-order chi connectivity index (χ1) is 12.6. The average molecular weight is 348 g/mol. The van der Waals surface area contributed by atoms with Crippen molar-refractivity contribution in [1.29, 1.82) is 0 Å². The molecule has 2 N–H and O–H groups in total. The van der Waals surface area contributed by atoms with Gasteiger partial charge in [-0.1, -0.05) is 25.0 Å². The van der Waals surface area contributed by atoms with Crippen LogP contribution in [0.5, 0.6) is 0 Å². The molecule has 0 spiro atoms. The number of ether oxygens (including phenoxy) is 1. The van der Waals surface area contributed by atoms with E-state index in [1.807, 2.05) is 12.1 Å². The SMILES string of the molecule is COC(=O)c1ccc(-c2cc3cc(C)cc(NC4CCCC4)c3[nH]2)cc1. The van der Waals surface area contributed by atoms with Crippen LogP contribution in [0.15, 0.2) is 42.5 Å². The normalized spacial score (nSPS) is 14.7. The van der Waals surface area contributed by atoms with Crippen molar-refractivity contribution in [3.05, 3.63) is 53.6 Å². The molecule has 1 aromatic heterocycles. The van der Waals surface area contributed by atoms with E-state index in [-0.39, 0.29) is 5.97 Å². The second kappa shape index (κ2) is 6.87. The second-order valence-electron chi connectivity index (χ2n) is 7.15. The van der Waals surface area contributed by atoms with E-state index in [1.54, 1.807) is 12.1 Å². The number of H-pyrrole nitrogens is 1. The van der Waals surface area contributed by atoms with Crippen LogP contribution in [0.25, 0.3) is 22.2 Å². The Morgan fingerprint density at radius 2 is 1.85 bits per heavy atom. The summed E-state index contributed by atoms with van der Waals surface area (Å²) in [5.41, 5.74) is 6.25. The topological polar surface area (TPSA) is 54.1 Å². The van der Waals surface area contributed by atoms with Gasteiger partial charge >= 0.3 is 5.97 Å². The predicted octanol–water partition coefficient (Wildman–Crippen LogP) is 5.28. The van der Waals surface area contributed by atoms with E-state index in [0.717, 1.165) is 16.8 Å². The van der Waals surface area contributed by atoms with E-state index in [1.165, 1.54) is 49.4 Å². The Hall–Kier alpha value is -2.75. The van der Waals surface area contributed by atoms with Gasteiger partial charge in [0.2, 0.25) is 0 Å². The maximum atomic E-state index is 11.6. The predicted molar refractivity (Wildman–Crippen MR) is 106 cm³/mol. The van der Waals surface area contributed by atoms with E-state index in [4.69, 9.17) is 4.74 Å². The lowest BCUT2D eigenvalue weighted by Gasteiger charge is -2.15. The van der Waals surface area contributed by atoms with Crippen LogP contribution in [-0.2, 0) is 4.74 Å². The highest BCUT2D eigenvalue weighted by molar-refractivity contribution is 5.96. The molecule has 4 nitrogen and oxygen atoms in total. The van der Waals surface area contributed by atoms with Gasteiger partial charge in [0, 0.05) is 17.1 Å². The largest absolute Gasteiger partial charge is 0.465 e. The van der Waals surface area contributed by atoms with Crippen molar-refractivity contribution in [3.8, 4) is 11.3 Å². The van der Waals surface area contributed by atoms with Crippen molar-refractivity contribution >= 4 is 22.6 Å². The number of esters is 1. The van der Waals surface area contributed by atoms with Gasteiger partial charge in [-0.15, -0.1) is 0 Å². The minimum Gasteiger partial charge on any atom is -0.465 e. The Labute approximate surface area is 153 Å². The number of aromatic amines is 1. The summed E-state index contributed by atoms with van der Waals surface area (Å²) in [4.78, 5) is 15.2. The third-order valence-corrected chi connectivity index (χ3v) is 5.20. The minimum absolute atomic E-state index is 0.313. The molecular formula is C22H24N2O2. The van der Waals surface area contributed by atoms with Gasteiger partial charge in [-0.25, -0.2) is 4.79 Å². The Kier molecular flexibility index (Phi) is 4.41. The minimum atomic E-state index is -0.313. The Morgan fingerprint density at radius 1 is 1.12 bits per heavy atom. The lowest BCUT2D eigenvalue weighted by atomic mass is 10.1. The first-order valence-corrected chi connectivity index (χ1v) is 9.23. The number of hydrogen-bond donors (Lipinski definition) is 2. The number of aryl methyl sites for hydroxylation is 1. The summed E-state index contributed by atoms with van der Waals surface area (Å²) in [6.45, 7) is 2.14. The molecule has 1 aliphatic carbocycles. The monoisotopic (exact) mass is 348 g/mol. The highest BCUT2D eigenvalue weighted by Gasteiger charge is 2.17. The van der Waals surface area contributed by atoms with Gasteiger partial charge in [0.15, 0.2) is 0 Å². The summed E-state index contributed by atoms with van der Waals surface area (Å²) < 4.78 is 4.77. The molecule has 0 aliphatic heterocycles. The first-order valence-electron chi connectivity index (χ1n) is 9.23. The molecule has 0 radical (unpaired) electrons. The molecule has 1 heterocycles. The maximum Gasteiger partial charge on any atom is 0.337 e. The van der Waals surface area contributed by atoms with Crippen LogP contribution in [0.4, 0.5) is 5.69 Å². The maximum absolute atomic E-state index is 11.6. The van der Waals surface area contributed by atoms with E-state index in [9.17, 15) is 4.79 Å². The van der Waals surface area contributed by atoms with Gasteiger partial charge in [0.05, 0.1) is 23.9 Å². The first kappa shape index (κ1) is 16.7. The van der Waals surface area contributed by atoms with Crippen LogP contribution >= 0.6 is 0 Å². The number of carbonyl (C=O) groups is 1. The highest BCUT2D eigenvalue weighted by atomic mass is 16.5. The smallest absolute Gasteiger partial charge is 0.337 e. The lowest BCUT2D eigenvalue weighted by molar-refractivity contribution is 0.0601. The fourth-order valence-electron chi connectivity index (χ4n) is 3.86. The van der Waals surface area contributed by atoms with Crippen LogP contribution < -0.4 is 5.32 Å². The van der Waals surface area contributed by atoms with Crippen LogP contribution in [0.1, 0.15) is 41.6 Å². The van der Waals surface area contributed by atoms with E-state index in [0.29, 0.717) is 11.6 Å². The van der Waals surface area contributed by atoms with Gasteiger partial charge < -0.3 is 15.0 Å². The quantitative estimate of drug-likeness (QED) is 0.630. The number of benzene rings is 2. The van der Waals surface area contributed by atoms with Gasteiger partial charge in [-0.2, -0.15) is 0 Å². The summed E-state index contributed by atoms with van der Waals surface area (Å²) in [5, 5.41) is 4.93. The molecule has 1 fully saturated rings. The third kappa shape index (κ3) is 3.19. The van der Waals surface area contributed by atoms with Crippen LogP contribution in [-0.4, -0.2) is 24.1 Å². The number of rotatable bonds is 4. The van der Waals surface area contributed by atoms with Crippen molar-refractivity contribution in [1.82, 2.24) is 4.98 Å². The molecule has 4 rings (SSSR count). The Morgan fingerprint density at radius 3 is 2.54 bits per heavy atom. The second-order valence-corrected chi connectivity index (χ2v) is 7.15. The zero-order chi connectivity index (χ0) is 18.1. The molecule has 1 saturated carbocycles. The molecule has 134 valence electrons. The third-order valence-electron chi connectivity index (χ3n) is 5.20.